The number of carboxylic acids is 1. The molecule has 1 unspecified atom stereocenters. The Kier molecular flexibility index (Phi) is 4.65. The molecule has 0 fully saturated rings. The van der Waals surface area contributed by atoms with Crippen LogP contribution in [0, 0.1) is 0 Å². The number of aliphatic carboxylic acids is 1. The van der Waals surface area contributed by atoms with Crippen LogP contribution in [0.5, 0.6) is 0 Å². The van der Waals surface area contributed by atoms with Crippen molar-refractivity contribution in [2.24, 2.45) is 5.73 Å². The fourth-order valence-electron chi connectivity index (χ4n) is 1.40. The van der Waals surface area contributed by atoms with Crippen LogP contribution in [0.3, 0.4) is 0 Å². The summed E-state index contributed by atoms with van der Waals surface area (Å²) in [5, 5.41) is 14.9. The first-order valence-electron chi connectivity index (χ1n) is 5.20. The molecule has 7 nitrogen and oxygen atoms in total. The summed E-state index contributed by atoms with van der Waals surface area (Å²) in [6, 6.07) is -0.775. The molecule has 1 aromatic rings. The maximum atomic E-state index is 11.8. The van der Waals surface area contributed by atoms with Gasteiger partial charge in [-0.25, -0.2) is 0 Å². The van der Waals surface area contributed by atoms with E-state index in [1.807, 2.05) is 0 Å². The number of rotatable bonds is 6. The highest BCUT2D eigenvalue weighted by Crippen LogP contribution is 2.04. The second-order valence-corrected chi connectivity index (χ2v) is 3.84. The number of nitrogens with one attached hydrogen (secondary N) is 1. The highest BCUT2D eigenvalue weighted by Gasteiger charge is 2.19. The summed E-state index contributed by atoms with van der Waals surface area (Å²) in [7, 11) is 1.62. The van der Waals surface area contributed by atoms with Crippen LogP contribution in [0.15, 0.2) is 12.4 Å². The topological polar surface area (TPSA) is 112 Å². The second kappa shape index (κ2) is 6.00. The molecule has 4 N–H and O–H groups in total. The summed E-state index contributed by atoms with van der Waals surface area (Å²) in [5.41, 5.74) is 6.48. The van der Waals surface area contributed by atoms with Crippen LogP contribution in [0.1, 0.15) is 18.4 Å². The number of likely N-dealkylation sites (N-methyl/N-ethyl adjacent to an activating group) is 1. The fourth-order valence-corrected chi connectivity index (χ4v) is 1.40. The molecule has 1 amide bonds. The first kappa shape index (κ1) is 13.2. The quantitative estimate of drug-likeness (QED) is 0.624. The number of carbonyl (C=O) groups excluding carboxylic acids is 1. The standard InChI is InChI=1S/C10H16N4O3/c1-14(6-7-4-12-13-5-7)10(17)8(11)2-3-9(15)16/h4-5,8H,2-3,6,11H2,1H3,(H,12,13)(H,15,16). The minimum Gasteiger partial charge on any atom is -0.481 e. The van der Waals surface area contributed by atoms with Gasteiger partial charge in [0.2, 0.25) is 5.91 Å². The van der Waals surface area contributed by atoms with Gasteiger partial charge >= 0.3 is 5.97 Å². The third-order valence-electron chi connectivity index (χ3n) is 2.34. The monoisotopic (exact) mass is 240 g/mol. The summed E-state index contributed by atoms with van der Waals surface area (Å²) in [5.74, 6) is -1.22. The van der Waals surface area contributed by atoms with E-state index >= 15 is 0 Å². The number of carbonyl (C=O) groups is 2. The molecule has 94 valence electrons. The molecule has 1 heterocycles. The SMILES string of the molecule is CN(Cc1cn[nH]c1)C(=O)C(N)CCC(=O)O. The number of hydrogen-bond donors (Lipinski definition) is 3. The highest BCUT2D eigenvalue weighted by molar-refractivity contribution is 5.82. The third kappa shape index (κ3) is 4.23. The number of nitrogens with zero attached hydrogens (tertiary/aromatic N) is 2. The molecule has 17 heavy (non-hydrogen) atoms. The Morgan fingerprint density at radius 2 is 2.35 bits per heavy atom. The molecule has 0 aliphatic carbocycles. The van der Waals surface area contributed by atoms with Crippen LogP contribution in [0.25, 0.3) is 0 Å². The molecular weight excluding hydrogens is 224 g/mol. The maximum Gasteiger partial charge on any atom is 0.303 e. The van der Waals surface area contributed by atoms with Crippen molar-refractivity contribution in [2.45, 2.75) is 25.4 Å². The van der Waals surface area contributed by atoms with Crippen molar-refractivity contribution in [2.75, 3.05) is 7.05 Å². The molecule has 0 aliphatic heterocycles. The molecule has 1 aromatic heterocycles. The summed E-state index contributed by atoms with van der Waals surface area (Å²) in [6.07, 6.45) is 3.34. The van der Waals surface area contributed by atoms with Gasteiger partial charge in [0.15, 0.2) is 0 Å². The van der Waals surface area contributed by atoms with Gasteiger partial charge in [-0.15, -0.1) is 0 Å². The number of amides is 1. The molecule has 0 saturated heterocycles. The summed E-state index contributed by atoms with van der Waals surface area (Å²) < 4.78 is 0. The smallest absolute Gasteiger partial charge is 0.303 e. The Bertz CT molecular complexity index is 377. The van der Waals surface area contributed by atoms with Gasteiger partial charge in [0.25, 0.3) is 0 Å². The van der Waals surface area contributed by atoms with Gasteiger partial charge < -0.3 is 15.7 Å². The van der Waals surface area contributed by atoms with Gasteiger partial charge in [0, 0.05) is 31.8 Å². The van der Waals surface area contributed by atoms with Crippen molar-refractivity contribution in [3.63, 3.8) is 0 Å². The van der Waals surface area contributed by atoms with E-state index in [9.17, 15) is 9.59 Å². The first-order valence-corrected chi connectivity index (χ1v) is 5.20. The van der Waals surface area contributed by atoms with Crippen molar-refractivity contribution in [3.05, 3.63) is 18.0 Å². The van der Waals surface area contributed by atoms with Crippen LogP contribution in [0.2, 0.25) is 0 Å². The lowest BCUT2D eigenvalue weighted by atomic mass is 10.1. The molecule has 0 aromatic carbocycles. The van der Waals surface area contributed by atoms with Gasteiger partial charge in [-0.1, -0.05) is 0 Å². The molecule has 7 heteroatoms. The Hall–Kier alpha value is -1.89. The lowest BCUT2D eigenvalue weighted by Crippen LogP contribution is -2.41. The van der Waals surface area contributed by atoms with Gasteiger partial charge in [0.05, 0.1) is 12.2 Å². The van der Waals surface area contributed by atoms with E-state index in [4.69, 9.17) is 10.8 Å². The first-order chi connectivity index (χ1) is 8.00. The average molecular weight is 240 g/mol. The van der Waals surface area contributed by atoms with Gasteiger partial charge in [-0.2, -0.15) is 5.10 Å². The zero-order chi connectivity index (χ0) is 12.8. The predicted molar refractivity (Wildman–Crippen MR) is 59.9 cm³/mol. The van der Waals surface area contributed by atoms with Crippen LogP contribution < -0.4 is 5.73 Å². The number of nitrogens with two attached hydrogens (primary N) is 1. The molecule has 0 radical (unpaired) electrons. The van der Waals surface area contributed by atoms with Crippen molar-refractivity contribution < 1.29 is 14.7 Å². The van der Waals surface area contributed by atoms with Crippen LogP contribution in [-0.2, 0) is 16.1 Å². The lowest BCUT2D eigenvalue weighted by molar-refractivity contribution is -0.137. The molecular formula is C10H16N4O3. The van der Waals surface area contributed by atoms with E-state index in [0.717, 1.165) is 5.56 Å². The molecule has 0 aliphatic rings. The summed E-state index contributed by atoms with van der Waals surface area (Å²) in [6.45, 7) is 0.399. The van der Waals surface area contributed by atoms with Gasteiger partial charge in [0.1, 0.15) is 0 Å². The molecule has 0 saturated carbocycles. The Labute approximate surface area is 98.6 Å². The van der Waals surface area contributed by atoms with E-state index in [0.29, 0.717) is 6.54 Å². The fraction of sp³-hybridized carbons (Fsp3) is 0.500. The van der Waals surface area contributed by atoms with E-state index in [1.54, 1.807) is 19.4 Å². The number of aromatic nitrogens is 2. The average Bonchev–Trinajstić information content (AvgIpc) is 2.77. The van der Waals surface area contributed by atoms with Crippen molar-refractivity contribution in [1.29, 1.82) is 0 Å². The van der Waals surface area contributed by atoms with E-state index in [-0.39, 0.29) is 18.7 Å². The van der Waals surface area contributed by atoms with Crippen molar-refractivity contribution in [3.8, 4) is 0 Å². The van der Waals surface area contributed by atoms with E-state index in [2.05, 4.69) is 10.2 Å². The number of aromatic amines is 1. The zero-order valence-electron chi connectivity index (χ0n) is 9.59. The highest BCUT2D eigenvalue weighted by atomic mass is 16.4. The number of hydrogen-bond acceptors (Lipinski definition) is 4. The predicted octanol–water partition coefficient (Wildman–Crippen LogP) is -0.440. The molecule has 0 bridgehead atoms. The largest absolute Gasteiger partial charge is 0.481 e. The second-order valence-electron chi connectivity index (χ2n) is 3.84. The Balaban J connectivity index is 2.42. The molecule has 1 atom stereocenters. The normalized spacial score (nSPS) is 12.1. The summed E-state index contributed by atoms with van der Waals surface area (Å²) in [4.78, 5) is 23.6. The Morgan fingerprint density at radius 1 is 1.65 bits per heavy atom. The van der Waals surface area contributed by atoms with E-state index < -0.39 is 12.0 Å². The van der Waals surface area contributed by atoms with Crippen molar-refractivity contribution in [1.82, 2.24) is 15.1 Å². The van der Waals surface area contributed by atoms with Crippen LogP contribution in [-0.4, -0.2) is 45.2 Å². The molecule has 0 spiro atoms. The van der Waals surface area contributed by atoms with Crippen molar-refractivity contribution >= 4 is 11.9 Å². The third-order valence-corrected chi connectivity index (χ3v) is 2.34. The molecule has 1 rings (SSSR count). The maximum absolute atomic E-state index is 11.8. The number of carboxylic acid groups (broad SMARTS) is 1. The van der Waals surface area contributed by atoms with E-state index in [1.165, 1.54) is 4.90 Å². The van der Waals surface area contributed by atoms with Crippen LogP contribution in [0.4, 0.5) is 0 Å². The van der Waals surface area contributed by atoms with Crippen LogP contribution >= 0.6 is 0 Å². The lowest BCUT2D eigenvalue weighted by Gasteiger charge is -2.20. The Morgan fingerprint density at radius 3 is 2.88 bits per heavy atom. The zero-order valence-corrected chi connectivity index (χ0v) is 9.59. The van der Waals surface area contributed by atoms with Gasteiger partial charge in [-0.3, -0.25) is 14.7 Å². The summed E-state index contributed by atoms with van der Waals surface area (Å²) >= 11 is 0. The minimum absolute atomic E-state index is 0.105. The minimum atomic E-state index is -0.953. The van der Waals surface area contributed by atoms with Gasteiger partial charge in [-0.05, 0) is 6.42 Å². The number of H-pyrrole nitrogens is 1.